The first-order valence-electron chi connectivity index (χ1n) is 5.05. The number of carbonyl (C=O) groups excluding carboxylic acids is 1. The minimum Gasteiger partial charge on any atom is -0.494 e. The maximum absolute atomic E-state index is 13.1. The van der Waals surface area contributed by atoms with Gasteiger partial charge in [-0.25, -0.2) is 4.39 Å². The number of benzene rings is 1. The van der Waals surface area contributed by atoms with Crippen LogP contribution < -0.4 is 4.74 Å². The Balaban J connectivity index is 2.76. The van der Waals surface area contributed by atoms with Gasteiger partial charge in [-0.2, -0.15) is 0 Å². The van der Waals surface area contributed by atoms with E-state index >= 15 is 0 Å². The van der Waals surface area contributed by atoms with Crippen LogP contribution in [0, 0.1) is 5.82 Å². The summed E-state index contributed by atoms with van der Waals surface area (Å²) < 4.78 is 17.9. The van der Waals surface area contributed by atoms with Crippen LogP contribution in [-0.2, 0) is 0 Å². The first-order valence-corrected chi connectivity index (χ1v) is 5.49. The highest BCUT2D eigenvalue weighted by Gasteiger charge is 2.11. The van der Waals surface area contributed by atoms with Crippen LogP contribution in [0.3, 0.4) is 0 Å². The zero-order chi connectivity index (χ0) is 12.1. The summed E-state index contributed by atoms with van der Waals surface area (Å²) in [6.45, 7) is 1.83. The van der Waals surface area contributed by atoms with Crippen LogP contribution in [0.2, 0.25) is 0 Å². The standard InChI is InChI=1S/C12H14ClFO2/c1-8(13)3-6-11(15)9-4-5-10(14)12(7-9)16-2/h4-5,7-8H,3,6H2,1-2H3. The van der Waals surface area contributed by atoms with Crippen molar-refractivity contribution in [3.8, 4) is 5.75 Å². The number of hydrogen-bond donors (Lipinski definition) is 0. The molecular formula is C12H14ClFO2. The van der Waals surface area contributed by atoms with E-state index in [4.69, 9.17) is 16.3 Å². The first kappa shape index (κ1) is 13.0. The van der Waals surface area contributed by atoms with Crippen molar-refractivity contribution >= 4 is 17.4 Å². The smallest absolute Gasteiger partial charge is 0.165 e. The van der Waals surface area contributed by atoms with Crippen LogP contribution in [0.15, 0.2) is 18.2 Å². The van der Waals surface area contributed by atoms with Crippen molar-refractivity contribution in [2.75, 3.05) is 7.11 Å². The number of alkyl halides is 1. The molecule has 0 aromatic heterocycles. The maximum atomic E-state index is 13.1. The molecule has 2 nitrogen and oxygen atoms in total. The van der Waals surface area contributed by atoms with Gasteiger partial charge in [-0.3, -0.25) is 4.79 Å². The maximum Gasteiger partial charge on any atom is 0.165 e. The van der Waals surface area contributed by atoms with Crippen molar-refractivity contribution in [1.29, 1.82) is 0 Å². The molecule has 16 heavy (non-hydrogen) atoms. The summed E-state index contributed by atoms with van der Waals surface area (Å²) >= 11 is 5.76. The lowest BCUT2D eigenvalue weighted by molar-refractivity contribution is 0.0979. The third kappa shape index (κ3) is 3.49. The topological polar surface area (TPSA) is 26.3 Å². The van der Waals surface area contributed by atoms with Gasteiger partial charge in [0.25, 0.3) is 0 Å². The van der Waals surface area contributed by atoms with Gasteiger partial charge < -0.3 is 4.74 Å². The normalized spacial score (nSPS) is 12.2. The Bertz CT molecular complexity index is 377. The Kier molecular flexibility index (Phi) is 4.74. The molecule has 4 heteroatoms. The zero-order valence-corrected chi connectivity index (χ0v) is 10.1. The second kappa shape index (κ2) is 5.85. The lowest BCUT2D eigenvalue weighted by Crippen LogP contribution is -2.03. The molecule has 0 N–H and O–H groups in total. The van der Waals surface area contributed by atoms with Gasteiger partial charge >= 0.3 is 0 Å². The van der Waals surface area contributed by atoms with Gasteiger partial charge in [0, 0.05) is 17.4 Å². The van der Waals surface area contributed by atoms with Gasteiger partial charge in [-0.15, -0.1) is 11.6 Å². The molecule has 1 rings (SSSR count). The van der Waals surface area contributed by atoms with Gasteiger partial charge in [0.05, 0.1) is 7.11 Å². The molecule has 88 valence electrons. The van der Waals surface area contributed by atoms with E-state index in [-0.39, 0.29) is 16.9 Å². The summed E-state index contributed by atoms with van der Waals surface area (Å²) in [5, 5.41) is -0.0358. The van der Waals surface area contributed by atoms with Gasteiger partial charge in [-0.05, 0) is 31.5 Å². The van der Waals surface area contributed by atoms with Crippen molar-refractivity contribution in [2.24, 2.45) is 0 Å². The Labute approximate surface area is 99.4 Å². The van der Waals surface area contributed by atoms with Gasteiger partial charge in [0.1, 0.15) is 0 Å². The van der Waals surface area contributed by atoms with Gasteiger partial charge in [0.15, 0.2) is 17.3 Å². The van der Waals surface area contributed by atoms with Crippen LogP contribution in [0.4, 0.5) is 4.39 Å². The average Bonchev–Trinajstić information content (AvgIpc) is 2.26. The predicted molar refractivity (Wildman–Crippen MR) is 61.8 cm³/mol. The number of ether oxygens (including phenoxy) is 1. The number of hydrogen-bond acceptors (Lipinski definition) is 2. The number of halogens is 2. The van der Waals surface area contributed by atoms with Crippen molar-refractivity contribution < 1.29 is 13.9 Å². The summed E-state index contributed by atoms with van der Waals surface area (Å²) in [4.78, 5) is 11.7. The summed E-state index contributed by atoms with van der Waals surface area (Å²) in [5.41, 5.74) is 0.454. The highest BCUT2D eigenvalue weighted by molar-refractivity contribution is 6.20. The number of Topliss-reactive ketones (excluding diaryl/α,β-unsaturated/α-hetero) is 1. The molecule has 1 atom stereocenters. The molecular weight excluding hydrogens is 231 g/mol. The summed E-state index contributed by atoms with van der Waals surface area (Å²) in [6.07, 6.45) is 0.972. The highest BCUT2D eigenvalue weighted by atomic mass is 35.5. The number of methoxy groups -OCH3 is 1. The SMILES string of the molecule is COc1cc(C(=O)CCC(C)Cl)ccc1F. The van der Waals surface area contributed by atoms with Gasteiger partial charge in [0.2, 0.25) is 0 Å². The van der Waals surface area contributed by atoms with E-state index in [2.05, 4.69) is 0 Å². The molecule has 0 saturated carbocycles. The first-order chi connectivity index (χ1) is 7.54. The van der Waals surface area contributed by atoms with Crippen molar-refractivity contribution in [2.45, 2.75) is 25.1 Å². The van der Waals surface area contributed by atoms with E-state index in [0.717, 1.165) is 0 Å². The monoisotopic (exact) mass is 244 g/mol. The fourth-order valence-electron chi connectivity index (χ4n) is 1.31. The molecule has 0 spiro atoms. The second-order valence-corrected chi connectivity index (χ2v) is 4.34. The van der Waals surface area contributed by atoms with E-state index in [1.165, 1.54) is 25.3 Å². The quantitative estimate of drug-likeness (QED) is 0.586. The molecule has 1 aromatic rings. The number of rotatable bonds is 5. The fraction of sp³-hybridized carbons (Fsp3) is 0.417. The molecule has 0 radical (unpaired) electrons. The molecule has 1 unspecified atom stereocenters. The van der Waals surface area contributed by atoms with Crippen LogP contribution >= 0.6 is 11.6 Å². The third-order valence-electron chi connectivity index (χ3n) is 2.24. The third-order valence-corrected chi connectivity index (χ3v) is 2.46. The summed E-state index contributed by atoms with van der Waals surface area (Å²) in [6, 6.07) is 4.10. The molecule has 0 aliphatic rings. The molecule has 0 aliphatic heterocycles. The molecule has 0 fully saturated rings. The Hall–Kier alpha value is -1.09. The molecule has 0 bridgehead atoms. The Morgan fingerprint density at radius 1 is 1.56 bits per heavy atom. The zero-order valence-electron chi connectivity index (χ0n) is 9.30. The second-order valence-electron chi connectivity index (χ2n) is 3.59. The molecule has 0 aliphatic carbocycles. The van der Waals surface area contributed by atoms with Crippen LogP contribution in [0.1, 0.15) is 30.1 Å². The summed E-state index contributed by atoms with van der Waals surface area (Å²) in [7, 11) is 1.37. The van der Waals surface area contributed by atoms with E-state index in [0.29, 0.717) is 18.4 Å². The molecule has 0 saturated heterocycles. The highest BCUT2D eigenvalue weighted by Crippen LogP contribution is 2.20. The molecule has 0 amide bonds. The van der Waals surface area contributed by atoms with E-state index in [1.54, 1.807) is 0 Å². The number of ketones is 1. The van der Waals surface area contributed by atoms with E-state index in [9.17, 15) is 9.18 Å². The largest absolute Gasteiger partial charge is 0.494 e. The summed E-state index contributed by atoms with van der Waals surface area (Å²) in [5.74, 6) is -0.430. The predicted octanol–water partition coefficient (Wildman–Crippen LogP) is 3.42. The van der Waals surface area contributed by atoms with Crippen molar-refractivity contribution in [3.05, 3.63) is 29.6 Å². The van der Waals surface area contributed by atoms with Gasteiger partial charge in [-0.1, -0.05) is 0 Å². The Morgan fingerprint density at radius 2 is 2.25 bits per heavy atom. The molecule has 0 heterocycles. The fourth-order valence-corrected chi connectivity index (χ4v) is 1.42. The minimum atomic E-state index is -0.468. The van der Waals surface area contributed by atoms with Crippen molar-refractivity contribution in [3.63, 3.8) is 0 Å². The van der Waals surface area contributed by atoms with E-state index < -0.39 is 5.82 Å². The van der Waals surface area contributed by atoms with Crippen molar-refractivity contribution in [1.82, 2.24) is 0 Å². The van der Waals surface area contributed by atoms with Crippen LogP contribution in [-0.4, -0.2) is 18.3 Å². The van der Waals surface area contributed by atoms with Crippen LogP contribution in [0.5, 0.6) is 5.75 Å². The lowest BCUT2D eigenvalue weighted by Gasteiger charge is -2.05. The molecule has 1 aromatic carbocycles. The minimum absolute atomic E-state index is 0.0358. The van der Waals surface area contributed by atoms with Crippen LogP contribution in [0.25, 0.3) is 0 Å². The number of carbonyl (C=O) groups is 1. The van der Waals surface area contributed by atoms with E-state index in [1.807, 2.05) is 6.92 Å². The Morgan fingerprint density at radius 3 is 2.81 bits per heavy atom. The average molecular weight is 245 g/mol. The lowest BCUT2D eigenvalue weighted by atomic mass is 10.1.